The smallest absolute Gasteiger partial charge is 0.182 e. The molecule has 1 aromatic rings. The molecule has 2 rings (SSSR count). The van der Waals surface area contributed by atoms with Crippen molar-refractivity contribution in [3.8, 4) is 0 Å². The van der Waals surface area contributed by atoms with Crippen LogP contribution in [0.1, 0.15) is 49.9 Å². The molecule has 0 bridgehead atoms. The zero-order chi connectivity index (χ0) is 12.3. The molecule has 1 fully saturated rings. The molecule has 0 atom stereocenters. The second-order valence-electron chi connectivity index (χ2n) is 5.28. The maximum absolute atomic E-state index is 12.6. The SMILES string of the molecule is CC(C)NC1(C(=O)c2ccccc2)CCCC1. The molecular weight excluding hydrogens is 210 g/mol. The number of Topliss-reactive ketones (excluding diaryl/α,β-unsaturated/α-hetero) is 1. The van der Waals surface area contributed by atoms with Gasteiger partial charge in [0.15, 0.2) is 5.78 Å². The lowest BCUT2D eigenvalue weighted by Crippen LogP contribution is -2.52. The van der Waals surface area contributed by atoms with Crippen LogP contribution in [0.5, 0.6) is 0 Å². The van der Waals surface area contributed by atoms with Crippen LogP contribution in [0.3, 0.4) is 0 Å². The third-order valence-electron chi connectivity index (χ3n) is 3.49. The standard InChI is InChI=1S/C15H21NO/c1-12(2)16-15(10-6-7-11-15)14(17)13-8-4-3-5-9-13/h3-5,8-9,12,16H,6-7,10-11H2,1-2H3. The Morgan fingerprint density at radius 2 is 1.76 bits per heavy atom. The van der Waals surface area contributed by atoms with Crippen molar-refractivity contribution in [2.45, 2.75) is 51.1 Å². The summed E-state index contributed by atoms with van der Waals surface area (Å²) in [6.07, 6.45) is 4.24. The number of benzene rings is 1. The Morgan fingerprint density at radius 1 is 1.18 bits per heavy atom. The summed E-state index contributed by atoms with van der Waals surface area (Å²) in [5.41, 5.74) is 0.526. The van der Waals surface area contributed by atoms with Gasteiger partial charge in [0.2, 0.25) is 0 Å². The maximum Gasteiger partial charge on any atom is 0.182 e. The second-order valence-corrected chi connectivity index (χ2v) is 5.28. The Labute approximate surface area is 103 Å². The van der Waals surface area contributed by atoms with Crippen molar-refractivity contribution in [2.75, 3.05) is 0 Å². The predicted molar refractivity (Wildman–Crippen MR) is 70.2 cm³/mol. The number of hydrogen-bond acceptors (Lipinski definition) is 2. The van der Waals surface area contributed by atoms with Gasteiger partial charge in [-0.2, -0.15) is 0 Å². The molecule has 2 nitrogen and oxygen atoms in total. The zero-order valence-corrected chi connectivity index (χ0v) is 10.7. The number of ketones is 1. The van der Waals surface area contributed by atoms with Gasteiger partial charge in [-0.25, -0.2) is 0 Å². The highest BCUT2D eigenvalue weighted by molar-refractivity contribution is 6.03. The Bertz CT molecular complexity index is 377. The van der Waals surface area contributed by atoms with E-state index >= 15 is 0 Å². The minimum Gasteiger partial charge on any atom is -0.302 e. The van der Waals surface area contributed by atoms with Crippen LogP contribution in [0.25, 0.3) is 0 Å². The van der Waals surface area contributed by atoms with Gasteiger partial charge in [0.1, 0.15) is 0 Å². The average molecular weight is 231 g/mol. The molecule has 1 aliphatic rings. The number of nitrogens with one attached hydrogen (secondary N) is 1. The zero-order valence-electron chi connectivity index (χ0n) is 10.7. The van der Waals surface area contributed by atoms with E-state index in [1.165, 1.54) is 0 Å². The molecule has 92 valence electrons. The summed E-state index contributed by atoms with van der Waals surface area (Å²) in [6.45, 7) is 4.22. The third kappa shape index (κ3) is 2.58. The van der Waals surface area contributed by atoms with Crippen molar-refractivity contribution in [1.82, 2.24) is 5.32 Å². The summed E-state index contributed by atoms with van der Waals surface area (Å²) >= 11 is 0. The first kappa shape index (κ1) is 12.3. The molecule has 0 radical (unpaired) electrons. The fraction of sp³-hybridized carbons (Fsp3) is 0.533. The van der Waals surface area contributed by atoms with E-state index in [9.17, 15) is 4.79 Å². The summed E-state index contributed by atoms with van der Waals surface area (Å²) in [5.74, 6) is 0.268. The van der Waals surface area contributed by atoms with Crippen molar-refractivity contribution >= 4 is 5.78 Å². The quantitative estimate of drug-likeness (QED) is 0.806. The molecule has 0 amide bonds. The monoisotopic (exact) mass is 231 g/mol. The van der Waals surface area contributed by atoms with E-state index in [2.05, 4.69) is 19.2 Å². The van der Waals surface area contributed by atoms with Crippen molar-refractivity contribution in [3.63, 3.8) is 0 Å². The Morgan fingerprint density at radius 3 is 2.29 bits per heavy atom. The normalized spacial score (nSPS) is 18.5. The van der Waals surface area contributed by atoms with E-state index in [1.807, 2.05) is 30.3 Å². The van der Waals surface area contributed by atoms with Crippen LogP contribution in [0.15, 0.2) is 30.3 Å². The first-order valence-corrected chi connectivity index (χ1v) is 6.52. The van der Waals surface area contributed by atoms with Crippen LogP contribution in [-0.2, 0) is 0 Å². The van der Waals surface area contributed by atoms with Gasteiger partial charge in [0.25, 0.3) is 0 Å². The fourth-order valence-electron chi connectivity index (χ4n) is 2.83. The number of hydrogen-bond donors (Lipinski definition) is 1. The van der Waals surface area contributed by atoms with Gasteiger partial charge in [-0.3, -0.25) is 4.79 Å². The van der Waals surface area contributed by atoms with Gasteiger partial charge in [-0.15, -0.1) is 0 Å². The first-order valence-electron chi connectivity index (χ1n) is 6.52. The highest BCUT2D eigenvalue weighted by Gasteiger charge is 2.41. The van der Waals surface area contributed by atoms with Gasteiger partial charge in [0.05, 0.1) is 5.54 Å². The van der Waals surface area contributed by atoms with Crippen molar-refractivity contribution < 1.29 is 4.79 Å². The van der Waals surface area contributed by atoms with E-state index in [1.54, 1.807) is 0 Å². The van der Waals surface area contributed by atoms with Gasteiger partial charge in [-0.1, -0.05) is 43.2 Å². The van der Waals surface area contributed by atoms with Crippen LogP contribution in [0.2, 0.25) is 0 Å². The largest absolute Gasteiger partial charge is 0.302 e. The summed E-state index contributed by atoms with van der Waals surface area (Å²) in [6, 6.07) is 10.0. The molecule has 0 aliphatic heterocycles. The molecule has 1 saturated carbocycles. The molecule has 2 heteroatoms. The highest BCUT2D eigenvalue weighted by atomic mass is 16.1. The highest BCUT2D eigenvalue weighted by Crippen LogP contribution is 2.33. The summed E-state index contributed by atoms with van der Waals surface area (Å²) < 4.78 is 0. The summed E-state index contributed by atoms with van der Waals surface area (Å²) in [7, 11) is 0. The molecule has 1 aliphatic carbocycles. The molecule has 0 saturated heterocycles. The van der Waals surface area contributed by atoms with Crippen molar-refractivity contribution in [3.05, 3.63) is 35.9 Å². The first-order chi connectivity index (χ1) is 8.14. The third-order valence-corrected chi connectivity index (χ3v) is 3.49. The Balaban J connectivity index is 2.25. The molecule has 1 N–H and O–H groups in total. The molecule has 0 aromatic heterocycles. The molecule has 17 heavy (non-hydrogen) atoms. The van der Waals surface area contributed by atoms with Crippen LogP contribution in [0.4, 0.5) is 0 Å². The van der Waals surface area contributed by atoms with E-state index in [0.29, 0.717) is 6.04 Å². The van der Waals surface area contributed by atoms with Crippen LogP contribution >= 0.6 is 0 Å². The van der Waals surface area contributed by atoms with Gasteiger partial charge in [0, 0.05) is 11.6 Å². The molecule has 1 aromatic carbocycles. The predicted octanol–water partition coefficient (Wildman–Crippen LogP) is 3.18. The van der Waals surface area contributed by atoms with E-state index < -0.39 is 0 Å². The van der Waals surface area contributed by atoms with Crippen LogP contribution < -0.4 is 5.32 Å². The molecule has 0 unspecified atom stereocenters. The Kier molecular flexibility index (Phi) is 3.63. The van der Waals surface area contributed by atoms with Crippen LogP contribution in [0, 0.1) is 0 Å². The topological polar surface area (TPSA) is 29.1 Å². The molecular formula is C15H21NO. The summed E-state index contributed by atoms with van der Waals surface area (Å²) in [5, 5.41) is 3.50. The second kappa shape index (κ2) is 5.01. The molecule has 0 heterocycles. The van der Waals surface area contributed by atoms with Gasteiger partial charge in [-0.05, 0) is 26.7 Å². The average Bonchev–Trinajstić information content (AvgIpc) is 2.78. The van der Waals surface area contributed by atoms with E-state index in [0.717, 1.165) is 31.2 Å². The number of rotatable bonds is 4. The van der Waals surface area contributed by atoms with Crippen molar-refractivity contribution in [2.24, 2.45) is 0 Å². The lowest BCUT2D eigenvalue weighted by atomic mass is 9.87. The number of carbonyl (C=O) groups excluding carboxylic acids is 1. The van der Waals surface area contributed by atoms with Crippen LogP contribution in [-0.4, -0.2) is 17.4 Å². The van der Waals surface area contributed by atoms with Gasteiger partial charge < -0.3 is 5.32 Å². The molecule has 0 spiro atoms. The minimum atomic E-state index is -0.310. The lowest BCUT2D eigenvalue weighted by molar-refractivity contribution is 0.0843. The summed E-state index contributed by atoms with van der Waals surface area (Å²) in [4.78, 5) is 12.6. The minimum absolute atomic E-state index is 0.268. The fourth-order valence-corrected chi connectivity index (χ4v) is 2.83. The van der Waals surface area contributed by atoms with Gasteiger partial charge >= 0.3 is 0 Å². The van der Waals surface area contributed by atoms with E-state index in [4.69, 9.17) is 0 Å². The van der Waals surface area contributed by atoms with Crippen molar-refractivity contribution in [1.29, 1.82) is 0 Å². The maximum atomic E-state index is 12.6. The number of carbonyl (C=O) groups is 1. The Hall–Kier alpha value is -1.15. The lowest BCUT2D eigenvalue weighted by Gasteiger charge is -2.31. The van der Waals surface area contributed by atoms with E-state index in [-0.39, 0.29) is 11.3 Å².